The maximum atomic E-state index is 12.3. The van der Waals surface area contributed by atoms with Crippen LogP contribution in [-0.2, 0) is 4.74 Å². The van der Waals surface area contributed by atoms with Gasteiger partial charge in [-0.15, -0.1) is 0 Å². The molecule has 0 unspecified atom stereocenters. The van der Waals surface area contributed by atoms with Gasteiger partial charge < -0.3 is 10.1 Å². The minimum absolute atomic E-state index is 0.000635. The van der Waals surface area contributed by atoms with E-state index in [0.717, 1.165) is 30.8 Å². The maximum Gasteiger partial charge on any atom is 0.253 e. The Morgan fingerprint density at radius 2 is 2.26 bits per heavy atom. The lowest BCUT2D eigenvalue weighted by molar-refractivity contribution is 0.0712. The third kappa shape index (κ3) is 3.42. The van der Waals surface area contributed by atoms with Gasteiger partial charge in [0.05, 0.1) is 23.4 Å². The Hall–Kier alpha value is -2.21. The highest BCUT2D eigenvalue weighted by Crippen LogP contribution is 2.16. The van der Waals surface area contributed by atoms with Gasteiger partial charge in [0, 0.05) is 18.5 Å². The number of pyridine rings is 1. The van der Waals surface area contributed by atoms with Crippen LogP contribution in [0.3, 0.4) is 0 Å². The summed E-state index contributed by atoms with van der Waals surface area (Å²) in [6.07, 6.45) is 3.75. The van der Waals surface area contributed by atoms with Gasteiger partial charge in [0.25, 0.3) is 5.91 Å². The van der Waals surface area contributed by atoms with E-state index in [0.29, 0.717) is 11.4 Å². The van der Waals surface area contributed by atoms with Crippen molar-refractivity contribution in [1.82, 2.24) is 20.1 Å². The first kappa shape index (κ1) is 15.7. The number of aromatic nitrogens is 3. The highest BCUT2D eigenvalue weighted by Gasteiger charge is 2.24. The molecule has 0 radical (unpaired) electrons. The predicted octanol–water partition coefficient (Wildman–Crippen LogP) is 2.18. The molecule has 1 aliphatic rings. The molecule has 2 aromatic heterocycles. The van der Waals surface area contributed by atoms with E-state index in [-0.39, 0.29) is 18.1 Å². The molecule has 0 aliphatic carbocycles. The fourth-order valence-electron chi connectivity index (χ4n) is 2.89. The molecular formula is C17H22N4O2. The van der Waals surface area contributed by atoms with Crippen LogP contribution in [0.5, 0.6) is 0 Å². The average Bonchev–Trinajstić information content (AvgIpc) is 3.17. The zero-order chi connectivity index (χ0) is 16.4. The molecule has 0 spiro atoms. The molecule has 1 saturated heterocycles. The van der Waals surface area contributed by atoms with Crippen LogP contribution >= 0.6 is 0 Å². The number of hydrogen-bond acceptors (Lipinski definition) is 4. The second-order valence-electron chi connectivity index (χ2n) is 6.06. The third-order valence-electron chi connectivity index (χ3n) is 4.12. The quantitative estimate of drug-likeness (QED) is 0.939. The number of rotatable bonds is 4. The van der Waals surface area contributed by atoms with Crippen molar-refractivity contribution in [2.75, 3.05) is 6.61 Å². The molecule has 3 heterocycles. The molecule has 6 nitrogen and oxygen atoms in total. The standard InChI is InChI=1S/C17H22N4O2/c1-11-9-12(2)21(20-11)16-7-6-14(10-18-16)17(22)19-13(3)15-5-4-8-23-15/h6-7,9-10,13,15H,4-5,8H2,1-3H3,(H,19,22)/t13-,15-/m0/s1. The number of aryl methyl sites for hydroxylation is 2. The van der Waals surface area contributed by atoms with E-state index < -0.39 is 0 Å². The van der Waals surface area contributed by atoms with Gasteiger partial charge >= 0.3 is 0 Å². The van der Waals surface area contributed by atoms with Crippen LogP contribution in [0.1, 0.15) is 41.5 Å². The van der Waals surface area contributed by atoms with Gasteiger partial charge in [-0.25, -0.2) is 9.67 Å². The zero-order valence-electron chi connectivity index (χ0n) is 13.7. The normalized spacial score (nSPS) is 18.8. The van der Waals surface area contributed by atoms with Crippen LogP contribution in [0.4, 0.5) is 0 Å². The first-order chi connectivity index (χ1) is 11.0. The SMILES string of the molecule is Cc1cc(C)n(-c2ccc(C(=O)N[C@@H](C)[C@@H]3CCCO3)cn2)n1. The molecule has 1 amide bonds. The lowest BCUT2D eigenvalue weighted by Crippen LogP contribution is -2.40. The minimum atomic E-state index is -0.125. The first-order valence-electron chi connectivity index (χ1n) is 7.97. The Morgan fingerprint density at radius 3 is 2.83 bits per heavy atom. The molecule has 1 aliphatic heterocycles. The van der Waals surface area contributed by atoms with Crippen LogP contribution in [0.15, 0.2) is 24.4 Å². The molecule has 0 bridgehead atoms. The molecule has 23 heavy (non-hydrogen) atoms. The molecule has 2 aromatic rings. The van der Waals surface area contributed by atoms with Crippen molar-refractivity contribution in [3.05, 3.63) is 41.3 Å². The monoisotopic (exact) mass is 314 g/mol. The Bertz CT molecular complexity index is 687. The number of nitrogens with zero attached hydrogens (tertiary/aromatic N) is 3. The largest absolute Gasteiger partial charge is 0.376 e. The van der Waals surface area contributed by atoms with Gasteiger partial charge in [0.1, 0.15) is 0 Å². The Kier molecular flexibility index (Phi) is 4.43. The molecular weight excluding hydrogens is 292 g/mol. The second kappa shape index (κ2) is 6.50. The lowest BCUT2D eigenvalue weighted by Gasteiger charge is -2.19. The molecule has 0 saturated carbocycles. The highest BCUT2D eigenvalue weighted by molar-refractivity contribution is 5.94. The van der Waals surface area contributed by atoms with Gasteiger partial charge in [-0.05, 0) is 51.8 Å². The number of ether oxygens (including phenoxy) is 1. The first-order valence-corrected chi connectivity index (χ1v) is 7.97. The highest BCUT2D eigenvalue weighted by atomic mass is 16.5. The van der Waals surface area contributed by atoms with Crippen LogP contribution in [-0.4, -0.2) is 39.4 Å². The van der Waals surface area contributed by atoms with E-state index in [1.54, 1.807) is 16.9 Å². The Balaban J connectivity index is 1.69. The van der Waals surface area contributed by atoms with Gasteiger partial charge in [-0.2, -0.15) is 5.10 Å². The van der Waals surface area contributed by atoms with E-state index in [1.165, 1.54) is 0 Å². The number of nitrogens with one attached hydrogen (secondary N) is 1. The van der Waals surface area contributed by atoms with Crippen molar-refractivity contribution in [3.8, 4) is 5.82 Å². The summed E-state index contributed by atoms with van der Waals surface area (Å²) >= 11 is 0. The van der Waals surface area contributed by atoms with Crippen LogP contribution < -0.4 is 5.32 Å². The summed E-state index contributed by atoms with van der Waals surface area (Å²) in [4.78, 5) is 16.7. The maximum absolute atomic E-state index is 12.3. The fourth-order valence-corrected chi connectivity index (χ4v) is 2.89. The van der Waals surface area contributed by atoms with Crippen molar-refractivity contribution in [1.29, 1.82) is 0 Å². The van der Waals surface area contributed by atoms with Gasteiger partial charge in [-0.3, -0.25) is 4.79 Å². The minimum Gasteiger partial charge on any atom is -0.376 e. The molecule has 2 atom stereocenters. The van der Waals surface area contributed by atoms with Crippen LogP contribution in [0, 0.1) is 13.8 Å². The van der Waals surface area contributed by atoms with E-state index in [2.05, 4.69) is 15.4 Å². The van der Waals surface area contributed by atoms with E-state index in [4.69, 9.17) is 4.74 Å². The Labute approximate surface area is 135 Å². The summed E-state index contributed by atoms with van der Waals surface area (Å²) in [6.45, 7) is 6.68. The summed E-state index contributed by atoms with van der Waals surface area (Å²) in [5, 5.41) is 7.38. The smallest absolute Gasteiger partial charge is 0.253 e. The topological polar surface area (TPSA) is 69.0 Å². The van der Waals surface area contributed by atoms with Gasteiger partial charge in [-0.1, -0.05) is 0 Å². The molecule has 1 N–H and O–H groups in total. The lowest BCUT2D eigenvalue weighted by atomic mass is 10.1. The molecule has 1 fully saturated rings. The molecule has 0 aromatic carbocycles. The van der Waals surface area contributed by atoms with Crippen molar-refractivity contribution in [2.24, 2.45) is 0 Å². The van der Waals surface area contributed by atoms with Gasteiger partial charge in [0.2, 0.25) is 0 Å². The Morgan fingerprint density at radius 1 is 1.43 bits per heavy atom. The number of carbonyl (C=O) groups excluding carboxylic acids is 1. The van der Waals surface area contributed by atoms with E-state index in [9.17, 15) is 4.79 Å². The van der Waals surface area contributed by atoms with E-state index in [1.807, 2.05) is 32.9 Å². The van der Waals surface area contributed by atoms with Crippen LogP contribution in [0.25, 0.3) is 5.82 Å². The average molecular weight is 314 g/mol. The summed E-state index contributed by atoms with van der Waals surface area (Å²) in [7, 11) is 0. The van der Waals surface area contributed by atoms with Crippen molar-refractivity contribution in [2.45, 2.75) is 45.8 Å². The van der Waals surface area contributed by atoms with Gasteiger partial charge in [0.15, 0.2) is 5.82 Å². The molecule has 6 heteroatoms. The molecule has 122 valence electrons. The summed E-state index contributed by atoms with van der Waals surface area (Å²) in [5.74, 6) is 0.583. The third-order valence-corrected chi connectivity index (χ3v) is 4.12. The molecule has 3 rings (SSSR count). The number of carbonyl (C=O) groups is 1. The van der Waals surface area contributed by atoms with Crippen LogP contribution in [0.2, 0.25) is 0 Å². The number of amides is 1. The summed E-state index contributed by atoms with van der Waals surface area (Å²) in [5.41, 5.74) is 2.50. The number of hydrogen-bond donors (Lipinski definition) is 1. The predicted molar refractivity (Wildman–Crippen MR) is 86.7 cm³/mol. The van der Waals surface area contributed by atoms with Crippen molar-refractivity contribution >= 4 is 5.91 Å². The van der Waals surface area contributed by atoms with Crippen molar-refractivity contribution < 1.29 is 9.53 Å². The summed E-state index contributed by atoms with van der Waals surface area (Å²) < 4.78 is 7.37. The second-order valence-corrected chi connectivity index (χ2v) is 6.06. The summed E-state index contributed by atoms with van der Waals surface area (Å²) in [6, 6.07) is 5.58. The van der Waals surface area contributed by atoms with E-state index >= 15 is 0 Å². The zero-order valence-corrected chi connectivity index (χ0v) is 13.7. The fraction of sp³-hybridized carbons (Fsp3) is 0.471. The van der Waals surface area contributed by atoms with Crippen molar-refractivity contribution in [3.63, 3.8) is 0 Å².